The van der Waals surface area contributed by atoms with Gasteiger partial charge in [0.2, 0.25) is 0 Å². The van der Waals surface area contributed by atoms with Crippen LogP contribution in [0.3, 0.4) is 0 Å². The molecule has 0 saturated carbocycles. The topological polar surface area (TPSA) is 84.7 Å². The highest BCUT2D eigenvalue weighted by Gasteiger charge is 2.11. The molecule has 3 aromatic rings. The number of nitrogens with zero attached hydrogens (tertiary/aromatic N) is 2. The zero-order valence-electron chi connectivity index (χ0n) is 11.2. The van der Waals surface area contributed by atoms with Crippen LogP contribution in [0.4, 0.5) is 14.5 Å². The van der Waals surface area contributed by atoms with Gasteiger partial charge in [0.1, 0.15) is 11.6 Å². The van der Waals surface area contributed by atoms with Crippen LogP contribution in [0.25, 0.3) is 22.6 Å². The van der Waals surface area contributed by atoms with Crippen LogP contribution in [0.5, 0.6) is 0 Å². The van der Waals surface area contributed by atoms with E-state index >= 15 is 0 Å². The molecular weight excluding hydrogens is 290 g/mol. The van der Waals surface area contributed by atoms with Gasteiger partial charge in [-0.25, -0.2) is 8.78 Å². The van der Waals surface area contributed by atoms with Crippen molar-refractivity contribution < 1.29 is 8.78 Å². The second-order valence-corrected chi connectivity index (χ2v) is 4.59. The summed E-state index contributed by atoms with van der Waals surface area (Å²) < 4.78 is 26.2. The lowest BCUT2D eigenvalue weighted by atomic mass is 10.1. The Morgan fingerprint density at radius 1 is 0.955 bits per heavy atom. The van der Waals surface area contributed by atoms with Gasteiger partial charge in [0.15, 0.2) is 11.5 Å². The number of nitrogens with one attached hydrogen (secondary N) is 1. The van der Waals surface area contributed by atoms with Crippen LogP contribution in [-0.2, 0) is 0 Å². The number of halogens is 2. The number of rotatable bonds is 2. The van der Waals surface area contributed by atoms with E-state index in [1.165, 1.54) is 36.4 Å². The molecule has 0 bridgehead atoms. The van der Waals surface area contributed by atoms with Gasteiger partial charge in [-0.05, 0) is 42.5 Å². The predicted molar refractivity (Wildman–Crippen MR) is 77.9 cm³/mol. The smallest absolute Gasteiger partial charge is 0.278 e. The fourth-order valence-corrected chi connectivity index (χ4v) is 1.99. The standard InChI is InChI=1S/C15H10F2N4O/c16-9-3-1-8(2-4-9)13-15(22)19-14(21-20-13)11-7-10(17)5-6-12(11)18/h1-7H,18H2,(H,19,21,22). The van der Waals surface area contributed by atoms with Gasteiger partial charge in [-0.15, -0.1) is 10.2 Å². The average molecular weight is 300 g/mol. The summed E-state index contributed by atoms with van der Waals surface area (Å²) in [5, 5.41) is 7.70. The second-order valence-electron chi connectivity index (χ2n) is 4.59. The molecule has 0 saturated heterocycles. The van der Waals surface area contributed by atoms with E-state index in [1.54, 1.807) is 0 Å². The van der Waals surface area contributed by atoms with Crippen molar-refractivity contribution in [2.45, 2.75) is 0 Å². The minimum absolute atomic E-state index is 0.0405. The van der Waals surface area contributed by atoms with E-state index in [2.05, 4.69) is 15.2 Å². The zero-order valence-corrected chi connectivity index (χ0v) is 11.2. The monoisotopic (exact) mass is 300 g/mol. The van der Waals surface area contributed by atoms with E-state index in [0.717, 1.165) is 6.07 Å². The summed E-state index contributed by atoms with van der Waals surface area (Å²) in [5.41, 5.74) is 6.19. The Kier molecular flexibility index (Phi) is 3.38. The highest BCUT2D eigenvalue weighted by atomic mass is 19.1. The van der Waals surface area contributed by atoms with Crippen LogP contribution < -0.4 is 11.3 Å². The molecule has 5 nitrogen and oxygen atoms in total. The first-order valence-corrected chi connectivity index (χ1v) is 6.33. The van der Waals surface area contributed by atoms with Crippen LogP contribution >= 0.6 is 0 Å². The maximum Gasteiger partial charge on any atom is 0.278 e. The van der Waals surface area contributed by atoms with Gasteiger partial charge in [0, 0.05) is 16.8 Å². The largest absolute Gasteiger partial charge is 0.398 e. The number of hydrogen-bond acceptors (Lipinski definition) is 4. The number of benzene rings is 2. The van der Waals surface area contributed by atoms with E-state index in [0.29, 0.717) is 5.56 Å². The minimum Gasteiger partial charge on any atom is -0.398 e. The lowest BCUT2D eigenvalue weighted by Crippen LogP contribution is -2.14. The van der Waals surface area contributed by atoms with E-state index < -0.39 is 17.2 Å². The minimum atomic E-state index is -0.528. The summed E-state index contributed by atoms with van der Waals surface area (Å²) in [5.74, 6) is -0.861. The Balaban J connectivity index is 2.08. The Labute approximate surface area is 123 Å². The molecule has 0 aliphatic heterocycles. The molecule has 0 spiro atoms. The fourth-order valence-electron chi connectivity index (χ4n) is 1.99. The molecule has 7 heteroatoms. The van der Waals surface area contributed by atoms with Gasteiger partial charge >= 0.3 is 0 Å². The van der Waals surface area contributed by atoms with E-state index in [9.17, 15) is 13.6 Å². The highest BCUT2D eigenvalue weighted by Crippen LogP contribution is 2.22. The first-order chi connectivity index (χ1) is 10.5. The Bertz CT molecular complexity index is 891. The van der Waals surface area contributed by atoms with Crippen LogP contribution in [-0.4, -0.2) is 15.2 Å². The molecule has 3 rings (SSSR count). The summed E-state index contributed by atoms with van der Waals surface area (Å²) in [7, 11) is 0. The molecule has 2 aromatic carbocycles. The van der Waals surface area contributed by atoms with Crippen LogP contribution in [0, 0.1) is 11.6 Å². The van der Waals surface area contributed by atoms with Crippen molar-refractivity contribution >= 4 is 5.69 Å². The molecule has 110 valence electrons. The van der Waals surface area contributed by atoms with E-state index in [-0.39, 0.29) is 22.8 Å². The van der Waals surface area contributed by atoms with Crippen molar-refractivity contribution in [1.29, 1.82) is 0 Å². The number of nitrogens with two attached hydrogens (primary N) is 1. The SMILES string of the molecule is Nc1ccc(F)cc1-c1nnc(-c2ccc(F)cc2)c(=O)[nH]1. The number of anilines is 1. The molecule has 22 heavy (non-hydrogen) atoms. The number of H-pyrrole nitrogens is 1. The van der Waals surface area contributed by atoms with Crippen molar-refractivity contribution in [3.63, 3.8) is 0 Å². The number of aromatic amines is 1. The summed E-state index contributed by atoms with van der Waals surface area (Å²) >= 11 is 0. The fraction of sp³-hybridized carbons (Fsp3) is 0. The van der Waals surface area contributed by atoms with Crippen molar-refractivity contribution in [1.82, 2.24) is 15.2 Å². The summed E-state index contributed by atoms with van der Waals surface area (Å²) in [6, 6.07) is 9.02. The Morgan fingerprint density at radius 2 is 1.64 bits per heavy atom. The lowest BCUT2D eigenvalue weighted by Gasteiger charge is -2.05. The third-order valence-electron chi connectivity index (χ3n) is 3.09. The molecule has 1 aromatic heterocycles. The Morgan fingerprint density at radius 3 is 2.32 bits per heavy atom. The molecule has 0 aliphatic carbocycles. The van der Waals surface area contributed by atoms with Crippen LogP contribution in [0.2, 0.25) is 0 Å². The maximum atomic E-state index is 13.3. The second kappa shape index (κ2) is 5.36. The van der Waals surface area contributed by atoms with Crippen LogP contribution in [0.1, 0.15) is 0 Å². The summed E-state index contributed by atoms with van der Waals surface area (Å²) in [6.45, 7) is 0. The first-order valence-electron chi connectivity index (χ1n) is 6.33. The molecule has 0 fully saturated rings. The van der Waals surface area contributed by atoms with E-state index in [1.807, 2.05) is 0 Å². The van der Waals surface area contributed by atoms with Gasteiger partial charge in [-0.2, -0.15) is 0 Å². The summed E-state index contributed by atoms with van der Waals surface area (Å²) in [6.07, 6.45) is 0. The maximum absolute atomic E-state index is 13.3. The van der Waals surface area contributed by atoms with Crippen molar-refractivity contribution in [3.05, 3.63) is 64.5 Å². The molecule has 0 radical (unpaired) electrons. The van der Waals surface area contributed by atoms with E-state index in [4.69, 9.17) is 5.73 Å². The number of nitrogen functional groups attached to an aromatic ring is 1. The number of aromatic nitrogens is 3. The van der Waals surface area contributed by atoms with Gasteiger partial charge in [0.05, 0.1) is 0 Å². The molecule has 0 atom stereocenters. The number of hydrogen-bond donors (Lipinski definition) is 2. The third kappa shape index (κ3) is 2.56. The normalized spacial score (nSPS) is 10.6. The lowest BCUT2D eigenvalue weighted by molar-refractivity contribution is 0.628. The molecule has 1 heterocycles. The van der Waals surface area contributed by atoms with Gasteiger partial charge in [-0.1, -0.05) is 0 Å². The molecule has 0 amide bonds. The predicted octanol–water partition coefficient (Wildman–Crippen LogP) is 2.36. The molecule has 0 unspecified atom stereocenters. The molecule has 3 N–H and O–H groups in total. The van der Waals surface area contributed by atoms with Crippen molar-refractivity contribution in [3.8, 4) is 22.6 Å². The average Bonchev–Trinajstić information content (AvgIpc) is 2.51. The van der Waals surface area contributed by atoms with Gasteiger partial charge < -0.3 is 10.7 Å². The van der Waals surface area contributed by atoms with Gasteiger partial charge in [-0.3, -0.25) is 4.79 Å². The third-order valence-corrected chi connectivity index (χ3v) is 3.09. The first kappa shape index (κ1) is 13.9. The Hall–Kier alpha value is -3.09. The zero-order chi connectivity index (χ0) is 15.7. The van der Waals surface area contributed by atoms with Gasteiger partial charge in [0.25, 0.3) is 5.56 Å². The van der Waals surface area contributed by atoms with Crippen molar-refractivity contribution in [2.24, 2.45) is 0 Å². The quantitative estimate of drug-likeness (QED) is 0.711. The van der Waals surface area contributed by atoms with Crippen LogP contribution in [0.15, 0.2) is 47.3 Å². The molecular formula is C15H10F2N4O. The van der Waals surface area contributed by atoms with Crippen molar-refractivity contribution in [2.75, 3.05) is 5.73 Å². The molecule has 0 aliphatic rings. The highest BCUT2D eigenvalue weighted by molar-refractivity contribution is 5.71. The summed E-state index contributed by atoms with van der Waals surface area (Å²) in [4.78, 5) is 14.6.